The second kappa shape index (κ2) is 2.40. The Morgan fingerprint density at radius 1 is 1.40 bits per heavy atom. The van der Waals surface area contributed by atoms with Gasteiger partial charge in [-0.1, -0.05) is 0 Å². The summed E-state index contributed by atoms with van der Waals surface area (Å²) in [5.41, 5.74) is 0. The summed E-state index contributed by atoms with van der Waals surface area (Å²) >= 11 is 0. The number of rotatable bonds is 1. The largest absolute Gasteiger partial charge is 0.333 e. The van der Waals surface area contributed by atoms with Gasteiger partial charge in [0.1, 0.15) is 0 Å². The number of carbonyl (C=O) groups is 2. The van der Waals surface area contributed by atoms with Crippen molar-refractivity contribution in [3.05, 3.63) is 0 Å². The first-order chi connectivity index (χ1) is 4.63. The number of hydrogen-bond donors (Lipinski definition) is 0. The summed E-state index contributed by atoms with van der Waals surface area (Å²) < 4.78 is 0. The Morgan fingerprint density at radius 3 is 2.10 bits per heavy atom. The molecule has 1 atom stereocenters. The average molecular weight is 141 g/mol. The van der Waals surface area contributed by atoms with Gasteiger partial charge in [0.15, 0.2) is 5.78 Å². The van der Waals surface area contributed by atoms with Gasteiger partial charge in [-0.05, 0) is 13.3 Å². The van der Waals surface area contributed by atoms with Crippen molar-refractivity contribution in [2.75, 3.05) is 6.54 Å². The molecule has 0 radical (unpaired) electrons. The molecule has 1 unspecified atom stereocenters. The molecule has 1 amide bonds. The fourth-order valence-electron chi connectivity index (χ4n) is 1.19. The predicted octanol–water partition coefficient (Wildman–Crippen LogP) is 0.196. The van der Waals surface area contributed by atoms with Crippen molar-refractivity contribution in [3.63, 3.8) is 0 Å². The Kier molecular flexibility index (Phi) is 1.74. The molecular weight excluding hydrogens is 130 g/mol. The maximum absolute atomic E-state index is 10.7. The van der Waals surface area contributed by atoms with E-state index in [1.165, 1.54) is 13.8 Å². The Hall–Kier alpha value is -0.860. The lowest BCUT2D eigenvalue weighted by Gasteiger charge is -2.38. The van der Waals surface area contributed by atoms with Crippen molar-refractivity contribution in [3.8, 4) is 0 Å². The highest BCUT2D eigenvalue weighted by Crippen LogP contribution is 2.17. The van der Waals surface area contributed by atoms with Gasteiger partial charge in [0.25, 0.3) is 0 Å². The van der Waals surface area contributed by atoms with E-state index in [0.29, 0.717) is 0 Å². The summed E-state index contributed by atoms with van der Waals surface area (Å²) in [6, 6.07) is -0.113. The molecule has 3 nitrogen and oxygen atoms in total. The molecule has 0 saturated carbocycles. The fourth-order valence-corrected chi connectivity index (χ4v) is 1.19. The van der Waals surface area contributed by atoms with E-state index in [4.69, 9.17) is 0 Å². The van der Waals surface area contributed by atoms with Crippen molar-refractivity contribution >= 4 is 11.7 Å². The van der Waals surface area contributed by atoms with Crippen LogP contribution in [0.5, 0.6) is 0 Å². The summed E-state index contributed by atoms with van der Waals surface area (Å²) in [6.07, 6.45) is 0.842. The van der Waals surface area contributed by atoms with Crippen molar-refractivity contribution in [1.82, 2.24) is 4.90 Å². The van der Waals surface area contributed by atoms with Crippen molar-refractivity contribution < 1.29 is 9.59 Å². The van der Waals surface area contributed by atoms with Crippen LogP contribution in [0.25, 0.3) is 0 Å². The number of likely N-dealkylation sites (tertiary alicyclic amines) is 1. The van der Waals surface area contributed by atoms with E-state index in [0.717, 1.165) is 13.0 Å². The molecule has 0 N–H and O–H groups in total. The van der Waals surface area contributed by atoms with Gasteiger partial charge < -0.3 is 4.90 Å². The molecule has 10 heavy (non-hydrogen) atoms. The van der Waals surface area contributed by atoms with Crippen molar-refractivity contribution in [1.29, 1.82) is 0 Å². The molecule has 0 aromatic heterocycles. The first-order valence-electron chi connectivity index (χ1n) is 3.40. The molecule has 0 spiro atoms. The average Bonchev–Trinajstić information content (AvgIpc) is 1.56. The number of Topliss-reactive ketones (excluding diaryl/α,β-unsaturated/α-hetero) is 1. The molecular formula is C7H11NO2. The lowest BCUT2D eigenvalue weighted by atomic mass is 10.00. The summed E-state index contributed by atoms with van der Waals surface area (Å²) in [6.45, 7) is 3.77. The standard InChI is InChI=1S/C7H11NO2/c1-5(9)7-3-4-8(7)6(2)10/h7H,3-4H2,1-2H3. The van der Waals surface area contributed by atoms with Gasteiger partial charge in [0.05, 0.1) is 6.04 Å². The van der Waals surface area contributed by atoms with Crippen LogP contribution in [0.3, 0.4) is 0 Å². The van der Waals surface area contributed by atoms with Crippen LogP contribution in [-0.4, -0.2) is 29.2 Å². The first kappa shape index (κ1) is 7.25. The molecule has 0 aromatic rings. The Bertz CT molecular complexity index is 156. The van der Waals surface area contributed by atoms with Crippen LogP contribution < -0.4 is 0 Å². The van der Waals surface area contributed by atoms with Crippen LogP contribution in [-0.2, 0) is 9.59 Å². The molecule has 1 heterocycles. The van der Waals surface area contributed by atoms with Crippen molar-refractivity contribution in [2.24, 2.45) is 0 Å². The third kappa shape index (κ3) is 1.03. The van der Waals surface area contributed by atoms with E-state index in [9.17, 15) is 9.59 Å². The van der Waals surface area contributed by atoms with Gasteiger partial charge in [-0.3, -0.25) is 9.59 Å². The van der Waals surface area contributed by atoms with Crippen LogP contribution >= 0.6 is 0 Å². The Morgan fingerprint density at radius 2 is 2.00 bits per heavy atom. The molecule has 0 bridgehead atoms. The van der Waals surface area contributed by atoms with Gasteiger partial charge in [-0.25, -0.2) is 0 Å². The fraction of sp³-hybridized carbons (Fsp3) is 0.714. The monoisotopic (exact) mass is 141 g/mol. The highest BCUT2D eigenvalue weighted by Gasteiger charge is 2.32. The summed E-state index contributed by atoms with van der Waals surface area (Å²) in [5.74, 6) is 0.105. The van der Waals surface area contributed by atoms with Gasteiger partial charge in [0.2, 0.25) is 5.91 Å². The number of ketones is 1. The minimum Gasteiger partial charge on any atom is -0.333 e. The molecule has 1 aliphatic heterocycles. The van der Waals surface area contributed by atoms with Crippen LogP contribution in [0.2, 0.25) is 0 Å². The van der Waals surface area contributed by atoms with E-state index in [1.54, 1.807) is 4.90 Å². The van der Waals surface area contributed by atoms with Crippen molar-refractivity contribution in [2.45, 2.75) is 26.3 Å². The lowest BCUT2D eigenvalue weighted by Crippen LogP contribution is -2.53. The summed E-state index contributed by atoms with van der Waals surface area (Å²) in [5, 5.41) is 0. The second-order valence-corrected chi connectivity index (χ2v) is 2.63. The highest BCUT2D eigenvalue weighted by atomic mass is 16.2. The number of hydrogen-bond acceptors (Lipinski definition) is 2. The smallest absolute Gasteiger partial charge is 0.220 e. The lowest BCUT2D eigenvalue weighted by molar-refractivity contribution is -0.143. The van der Waals surface area contributed by atoms with Crippen LogP contribution in [0.1, 0.15) is 20.3 Å². The Labute approximate surface area is 60.0 Å². The molecule has 0 aliphatic carbocycles. The van der Waals surface area contributed by atoms with Crippen LogP contribution in [0, 0.1) is 0 Å². The third-order valence-corrected chi connectivity index (χ3v) is 1.89. The van der Waals surface area contributed by atoms with E-state index >= 15 is 0 Å². The number of amides is 1. The van der Waals surface area contributed by atoms with Gasteiger partial charge in [-0.2, -0.15) is 0 Å². The van der Waals surface area contributed by atoms with Gasteiger partial charge >= 0.3 is 0 Å². The minimum absolute atomic E-state index is 0.00597. The van der Waals surface area contributed by atoms with E-state index in [1.807, 2.05) is 0 Å². The first-order valence-corrected chi connectivity index (χ1v) is 3.40. The van der Waals surface area contributed by atoms with E-state index in [2.05, 4.69) is 0 Å². The molecule has 56 valence electrons. The Balaban J connectivity index is 2.51. The number of carbonyl (C=O) groups excluding carboxylic acids is 2. The minimum atomic E-state index is -0.113. The van der Waals surface area contributed by atoms with E-state index < -0.39 is 0 Å². The third-order valence-electron chi connectivity index (χ3n) is 1.89. The quantitative estimate of drug-likeness (QED) is 0.523. The topological polar surface area (TPSA) is 37.4 Å². The van der Waals surface area contributed by atoms with Gasteiger partial charge in [0, 0.05) is 13.5 Å². The molecule has 1 aliphatic rings. The number of nitrogens with zero attached hydrogens (tertiary/aromatic N) is 1. The van der Waals surface area contributed by atoms with Crippen LogP contribution in [0.15, 0.2) is 0 Å². The van der Waals surface area contributed by atoms with Gasteiger partial charge in [-0.15, -0.1) is 0 Å². The maximum atomic E-state index is 10.7. The summed E-state index contributed by atoms with van der Waals surface area (Å²) in [4.78, 5) is 23.1. The zero-order valence-corrected chi connectivity index (χ0v) is 6.26. The molecule has 0 aromatic carbocycles. The molecule has 1 rings (SSSR count). The summed E-state index contributed by atoms with van der Waals surface area (Å²) in [7, 11) is 0. The highest BCUT2D eigenvalue weighted by molar-refractivity contribution is 5.88. The normalized spacial score (nSPS) is 23.8. The maximum Gasteiger partial charge on any atom is 0.220 e. The van der Waals surface area contributed by atoms with Crippen LogP contribution in [0.4, 0.5) is 0 Å². The SMILES string of the molecule is CC(=O)C1CCN1C(C)=O. The molecule has 1 fully saturated rings. The second-order valence-electron chi connectivity index (χ2n) is 2.63. The van der Waals surface area contributed by atoms with E-state index in [-0.39, 0.29) is 17.7 Å². The molecule has 1 saturated heterocycles. The zero-order chi connectivity index (χ0) is 7.72. The predicted molar refractivity (Wildman–Crippen MR) is 36.5 cm³/mol. The molecule has 3 heteroatoms. The zero-order valence-electron chi connectivity index (χ0n) is 6.26.